The maximum absolute atomic E-state index is 6.27. The summed E-state index contributed by atoms with van der Waals surface area (Å²) in [6, 6.07) is 10.6. The van der Waals surface area contributed by atoms with Crippen LogP contribution in [0.3, 0.4) is 0 Å². The van der Waals surface area contributed by atoms with Crippen LogP contribution in [0.25, 0.3) is 10.9 Å². The van der Waals surface area contributed by atoms with Gasteiger partial charge in [0, 0.05) is 29.2 Å². The van der Waals surface area contributed by atoms with Crippen molar-refractivity contribution < 1.29 is 9.47 Å². The number of nitrogens with zero attached hydrogens (tertiary/aromatic N) is 3. The lowest BCUT2D eigenvalue weighted by molar-refractivity contribution is 0.101. The number of halogens is 3. The lowest BCUT2D eigenvalue weighted by Crippen LogP contribution is -2.41. The zero-order valence-corrected chi connectivity index (χ0v) is 20.9. The Morgan fingerprint density at radius 1 is 1.03 bits per heavy atom. The van der Waals surface area contributed by atoms with E-state index in [1.165, 1.54) is 32.0 Å². The first-order valence-electron chi connectivity index (χ1n) is 10.9. The lowest BCUT2D eigenvalue weighted by atomic mass is 9.92. The normalized spacial score (nSPS) is 22.1. The maximum atomic E-state index is 6.27. The van der Waals surface area contributed by atoms with E-state index < -0.39 is 0 Å². The van der Waals surface area contributed by atoms with E-state index >= 15 is 0 Å². The van der Waals surface area contributed by atoms with E-state index in [4.69, 9.17) is 32.7 Å². The molecule has 0 saturated carbocycles. The Bertz CT molecular complexity index is 1130. The molecule has 33 heavy (non-hydrogen) atoms. The van der Waals surface area contributed by atoms with Gasteiger partial charge in [-0.1, -0.05) is 23.2 Å². The Morgan fingerprint density at radius 2 is 1.79 bits per heavy atom. The van der Waals surface area contributed by atoms with E-state index in [0.29, 0.717) is 52.0 Å². The molecule has 2 aromatic carbocycles. The fourth-order valence-corrected chi connectivity index (χ4v) is 5.31. The highest BCUT2D eigenvalue weighted by Gasteiger charge is 2.38. The molecule has 0 spiro atoms. The molecule has 3 aromatic rings. The Kier molecular flexibility index (Phi) is 7.39. The van der Waals surface area contributed by atoms with Crippen LogP contribution >= 0.6 is 35.6 Å². The minimum atomic E-state index is 0. The summed E-state index contributed by atoms with van der Waals surface area (Å²) in [6.45, 7) is 0.697. The summed E-state index contributed by atoms with van der Waals surface area (Å²) in [6.07, 6.45) is 6.55. The van der Waals surface area contributed by atoms with Gasteiger partial charge in [-0.15, -0.1) is 12.4 Å². The van der Waals surface area contributed by atoms with Crippen molar-refractivity contribution >= 4 is 58.0 Å². The van der Waals surface area contributed by atoms with Crippen molar-refractivity contribution in [2.24, 2.45) is 5.92 Å². The minimum absolute atomic E-state index is 0. The maximum Gasteiger partial charge on any atom is 0.163 e. The van der Waals surface area contributed by atoms with E-state index in [2.05, 4.69) is 27.2 Å². The van der Waals surface area contributed by atoms with E-state index in [9.17, 15) is 0 Å². The Morgan fingerprint density at radius 3 is 2.48 bits per heavy atom. The van der Waals surface area contributed by atoms with Crippen LogP contribution in [0, 0.1) is 5.92 Å². The number of hydrogen-bond donors (Lipinski definition) is 1. The minimum Gasteiger partial charge on any atom is -0.493 e. The second-order valence-corrected chi connectivity index (χ2v) is 9.51. The van der Waals surface area contributed by atoms with Crippen molar-refractivity contribution in [1.29, 1.82) is 0 Å². The molecule has 0 radical (unpaired) electrons. The number of piperidine rings is 1. The molecule has 2 bridgehead atoms. The van der Waals surface area contributed by atoms with Crippen LogP contribution in [0.4, 0.5) is 11.5 Å². The molecule has 1 unspecified atom stereocenters. The third-order valence-corrected chi connectivity index (χ3v) is 7.51. The smallest absolute Gasteiger partial charge is 0.163 e. The van der Waals surface area contributed by atoms with Gasteiger partial charge in [0.05, 0.1) is 29.3 Å². The number of fused-ring (bicyclic) bond motifs is 3. The summed E-state index contributed by atoms with van der Waals surface area (Å²) < 4.78 is 11.9. The van der Waals surface area contributed by atoms with Gasteiger partial charge in [0.2, 0.25) is 0 Å². The van der Waals surface area contributed by atoms with Crippen molar-refractivity contribution in [3.63, 3.8) is 0 Å². The Balaban J connectivity index is 0.00000259. The van der Waals surface area contributed by atoms with Crippen molar-refractivity contribution in [2.75, 3.05) is 26.1 Å². The molecule has 3 atom stereocenters. The van der Waals surface area contributed by atoms with Gasteiger partial charge in [0.15, 0.2) is 11.5 Å². The van der Waals surface area contributed by atoms with Crippen LogP contribution in [0.1, 0.15) is 25.7 Å². The van der Waals surface area contributed by atoms with Gasteiger partial charge in [-0.05, 0) is 62.9 Å². The van der Waals surface area contributed by atoms with Gasteiger partial charge in [0.1, 0.15) is 12.1 Å². The highest BCUT2D eigenvalue weighted by molar-refractivity contribution is 6.42. The third kappa shape index (κ3) is 4.94. The zero-order chi connectivity index (χ0) is 22.2. The first-order valence-corrected chi connectivity index (χ1v) is 11.7. The molecule has 1 aromatic heterocycles. The van der Waals surface area contributed by atoms with Crippen molar-refractivity contribution in [3.05, 3.63) is 46.7 Å². The molecular formula is C24H27Cl3N4O2. The predicted molar refractivity (Wildman–Crippen MR) is 136 cm³/mol. The van der Waals surface area contributed by atoms with Gasteiger partial charge in [-0.25, -0.2) is 9.97 Å². The third-order valence-electron chi connectivity index (χ3n) is 6.77. The number of rotatable bonds is 6. The highest BCUT2D eigenvalue weighted by Crippen LogP contribution is 2.39. The first kappa shape index (κ1) is 24.1. The van der Waals surface area contributed by atoms with Gasteiger partial charge < -0.3 is 19.7 Å². The number of benzene rings is 2. The van der Waals surface area contributed by atoms with Crippen molar-refractivity contribution in [2.45, 2.75) is 37.8 Å². The van der Waals surface area contributed by atoms with Crippen LogP contribution < -0.4 is 14.8 Å². The van der Waals surface area contributed by atoms with E-state index in [-0.39, 0.29) is 12.4 Å². The average molecular weight is 510 g/mol. The SMILES string of the molecule is COc1cc2c(Nc3ccc(Cl)c(Cl)c3)ncnc2cc1OCC1C[C@H]2CC[C@@H](C1)N2C.Cl. The number of hydrogen-bond acceptors (Lipinski definition) is 6. The quantitative estimate of drug-likeness (QED) is 0.417. The lowest BCUT2D eigenvalue weighted by Gasteiger charge is -2.36. The van der Waals surface area contributed by atoms with E-state index in [1.807, 2.05) is 18.2 Å². The van der Waals surface area contributed by atoms with Gasteiger partial charge in [-0.2, -0.15) is 0 Å². The molecule has 176 valence electrons. The molecule has 1 N–H and O–H groups in total. The molecule has 3 heterocycles. The molecule has 2 saturated heterocycles. The molecule has 0 aliphatic carbocycles. The number of anilines is 2. The van der Waals surface area contributed by atoms with Crippen molar-refractivity contribution in [1.82, 2.24) is 14.9 Å². The number of methoxy groups -OCH3 is 1. The fraction of sp³-hybridized carbons (Fsp3) is 0.417. The number of aromatic nitrogens is 2. The molecule has 2 aliphatic rings. The standard InChI is InChI=1S/C24H26Cl2N4O2.ClH/c1-30-16-4-5-17(30)8-14(7-16)12-32-23-11-21-18(10-22(23)31-2)24(28-13-27-21)29-15-3-6-19(25)20(26)9-15;/h3,6,9-11,13-14,16-17H,4-5,7-8,12H2,1-2H3,(H,27,28,29);1H/t14?,16-,17+;. The molecule has 2 fully saturated rings. The van der Waals surface area contributed by atoms with Gasteiger partial charge in [-0.3, -0.25) is 0 Å². The van der Waals surface area contributed by atoms with Crippen LogP contribution in [-0.4, -0.2) is 47.7 Å². The second kappa shape index (κ2) is 10.1. The number of nitrogens with one attached hydrogen (secondary N) is 1. The molecule has 9 heteroatoms. The Labute approximate surface area is 210 Å². The van der Waals surface area contributed by atoms with E-state index in [1.54, 1.807) is 19.2 Å². The van der Waals surface area contributed by atoms with Crippen LogP contribution in [0.15, 0.2) is 36.7 Å². The fourth-order valence-electron chi connectivity index (χ4n) is 5.01. The summed E-state index contributed by atoms with van der Waals surface area (Å²) in [5.41, 5.74) is 1.57. The summed E-state index contributed by atoms with van der Waals surface area (Å²) in [7, 11) is 3.91. The molecule has 2 aliphatic heterocycles. The largest absolute Gasteiger partial charge is 0.493 e. The van der Waals surface area contributed by atoms with Crippen molar-refractivity contribution in [3.8, 4) is 11.5 Å². The Hall–Kier alpha value is -1.99. The summed E-state index contributed by atoms with van der Waals surface area (Å²) in [5.74, 6) is 2.61. The molecule has 6 nitrogen and oxygen atoms in total. The van der Waals surface area contributed by atoms with Crippen LogP contribution in [0.5, 0.6) is 11.5 Å². The highest BCUT2D eigenvalue weighted by atomic mass is 35.5. The van der Waals surface area contributed by atoms with Crippen LogP contribution in [0.2, 0.25) is 10.0 Å². The molecule has 0 amide bonds. The second-order valence-electron chi connectivity index (χ2n) is 8.70. The van der Waals surface area contributed by atoms with Gasteiger partial charge >= 0.3 is 0 Å². The summed E-state index contributed by atoms with van der Waals surface area (Å²) >= 11 is 12.2. The van der Waals surface area contributed by atoms with Crippen LogP contribution in [-0.2, 0) is 0 Å². The number of ether oxygens (including phenoxy) is 2. The van der Waals surface area contributed by atoms with Gasteiger partial charge in [0.25, 0.3) is 0 Å². The molecular weight excluding hydrogens is 483 g/mol. The summed E-state index contributed by atoms with van der Waals surface area (Å²) in [5, 5.41) is 5.11. The van der Waals surface area contributed by atoms with E-state index in [0.717, 1.165) is 16.6 Å². The topological polar surface area (TPSA) is 59.5 Å². The molecule has 5 rings (SSSR count). The zero-order valence-electron chi connectivity index (χ0n) is 18.6. The first-order chi connectivity index (χ1) is 15.5. The predicted octanol–water partition coefficient (Wildman–Crippen LogP) is 6.36. The average Bonchev–Trinajstić information content (AvgIpc) is 2.99. The summed E-state index contributed by atoms with van der Waals surface area (Å²) in [4.78, 5) is 11.4. The monoisotopic (exact) mass is 508 g/mol.